The van der Waals surface area contributed by atoms with Gasteiger partial charge >= 0.3 is 0 Å². The van der Waals surface area contributed by atoms with Crippen molar-refractivity contribution in [3.63, 3.8) is 0 Å². The summed E-state index contributed by atoms with van der Waals surface area (Å²) in [6.07, 6.45) is 59.6. The van der Waals surface area contributed by atoms with E-state index in [0.29, 0.717) is 19.5 Å². The second-order valence-electron chi connectivity index (χ2n) is 27.3. The minimum absolute atomic E-state index is 0.164. The molecular formula is C73H121N3O6. The molecule has 1 aliphatic carbocycles. The third-order valence-corrected chi connectivity index (χ3v) is 20.1. The molecule has 1 aromatic carbocycles. The third-order valence-electron chi connectivity index (χ3n) is 20.1. The van der Waals surface area contributed by atoms with Crippen LogP contribution in [0.15, 0.2) is 43.5 Å². The first-order valence-electron chi connectivity index (χ1n) is 35.3. The molecular weight excluding hydrogens is 1010 g/mol. The van der Waals surface area contributed by atoms with Gasteiger partial charge in [-0.25, -0.2) is 0 Å². The van der Waals surface area contributed by atoms with E-state index < -0.39 is 5.54 Å². The molecule has 5 atom stereocenters. The highest BCUT2D eigenvalue weighted by Gasteiger charge is 2.38. The molecule has 3 heterocycles. The zero-order valence-corrected chi connectivity index (χ0v) is 53.7. The van der Waals surface area contributed by atoms with Crippen LogP contribution in [0, 0.1) is 29.6 Å². The highest BCUT2D eigenvalue weighted by molar-refractivity contribution is 6.12. The van der Waals surface area contributed by atoms with Crippen molar-refractivity contribution in [3.05, 3.63) is 65.7 Å². The van der Waals surface area contributed by atoms with Gasteiger partial charge < -0.3 is 0 Å². The Morgan fingerprint density at radius 3 is 1.17 bits per heavy atom. The molecule has 82 heavy (non-hydrogen) atoms. The van der Waals surface area contributed by atoms with Crippen molar-refractivity contribution in [2.75, 3.05) is 6.54 Å². The van der Waals surface area contributed by atoms with E-state index in [-0.39, 0.29) is 55.6 Å². The smallest absolute Gasteiger partial charge is 0.262 e. The topological polar surface area (TPSA) is 116 Å². The first kappa shape index (κ1) is 69.2. The van der Waals surface area contributed by atoms with E-state index in [0.717, 1.165) is 81.0 Å². The first-order chi connectivity index (χ1) is 39.8. The Labute approximate surface area is 499 Å². The molecule has 2 amide bonds. The van der Waals surface area contributed by atoms with Crippen molar-refractivity contribution in [1.29, 1.82) is 0 Å². The van der Waals surface area contributed by atoms with E-state index in [9.17, 15) is 28.8 Å². The fourth-order valence-electron chi connectivity index (χ4n) is 15.0. The largest absolute Gasteiger partial charge is 0.275 e. The number of benzene rings is 1. The number of imide groups is 1. The number of carbonyl (C=O) groups excluding carboxylic acids is 2. The molecule has 2 aliphatic rings. The highest BCUT2D eigenvalue weighted by Crippen LogP contribution is 2.48. The Morgan fingerprint density at radius 2 is 0.732 bits per heavy atom. The van der Waals surface area contributed by atoms with Gasteiger partial charge in [-0.15, -0.1) is 0 Å². The summed E-state index contributed by atoms with van der Waals surface area (Å²) < 4.78 is 2.73. The van der Waals surface area contributed by atoms with Gasteiger partial charge in [0.05, 0.1) is 21.5 Å². The van der Waals surface area contributed by atoms with Gasteiger partial charge in [0.1, 0.15) is 0 Å². The van der Waals surface area contributed by atoms with Gasteiger partial charge in [-0.05, 0) is 101 Å². The lowest BCUT2D eigenvalue weighted by Crippen LogP contribution is -2.41. The van der Waals surface area contributed by atoms with Gasteiger partial charge in [0.2, 0.25) is 0 Å². The van der Waals surface area contributed by atoms with Gasteiger partial charge in [-0.3, -0.25) is 42.8 Å². The van der Waals surface area contributed by atoms with Gasteiger partial charge in [0.25, 0.3) is 34.1 Å². The van der Waals surface area contributed by atoms with Crippen LogP contribution in [0.4, 0.5) is 0 Å². The summed E-state index contributed by atoms with van der Waals surface area (Å²) in [7, 11) is 0. The molecule has 5 rings (SSSR count). The Morgan fingerprint density at radius 1 is 0.402 bits per heavy atom. The van der Waals surface area contributed by atoms with Crippen LogP contribution in [0.25, 0.3) is 21.5 Å². The fourth-order valence-corrected chi connectivity index (χ4v) is 15.0. The minimum atomic E-state index is -0.687. The number of amides is 2. The zero-order chi connectivity index (χ0) is 59.0. The summed E-state index contributed by atoms with van der Waals surface area (Å²) in [4.78, 5) is 80.5. The van der Waals surface area contributed by atoms with E-state index in [1.165, 1.54) is 269 Å². The molecule has 1 fully saturated rings. The molecule has 0 spiro atoms. The maximum Gasteiger partial charge on any atom is 0.262 e. The van der Waals surface area contributed by atoms with E-state index in [1.807, 2.05) is 13.8 Å². The Hall–Kier alpha value is -3.62. The number of fused-ring (bicyclic) bond motifs is 2. The summed E-state index contributed by atoms with van der Waals surface area (Å²) in [5.74, 6) is 3.98. The molecule has 0 radical (unpaired) electrons. The molecule has 1 saturated carbocycles. The van der Waals surface area contributed by atoms with E-state index in [4.69, 9.17) is 0 Å². The Kier molecular flexibility index (Phi) is 33.0. The molecule has 9 nitrogen and oxygen atoms in total. The molecule has 0 N–H and O–H groups in total. The number of nitrogens with zero attached hydrogens (tertiary/aromatic N) is 3. The lowest BCUT2D eigenvalue weighted by Gasteiger charge is -2.44. The lowest BCUT2D eigenvalue weighted by molar-refractivity contribution is -0.136. The summed E-state index contributed by atoms with van der Waals surface area (Å²) in [6.45, 7) is 14.2. The van der Waals surface area contributed by atoms with Crippen LogP contribution >= 0.6 is 0 Å². The van der Waals surface area contributed by atoms with Crippen LogP contribution in [-0.4, -0.2) is 32.4 Å². The molecule has 3 aromatic rings. The van der Waals surface area contributed by atoms with Crippen LogP contribution in [0.5, 0.6) is 0 Å². The second-order valence-corrected chi connectivity index (χ2v) is 27.3. The Bertz CT molecular complexity index is 2410. The maximum atomic E-state index is 14.0. The zero-order valence-electron chi connectivity index (χ0n) is 53.7. The minimum Gasteiger partial charge on any atom is -0.275 e. The van der Waals surface area contributed by atoms with E-state index >= 15 is 0 Å². The average Bonchev–Trinajstić information content (AvgIpc) is 2.90. The van der Waals surface area contributed by atoms with Gasteiger partial charge in [-0.1, -0.05) is 272 Å². The highest BCUT2D eigenvalue weighted by atomic mass is 16.2. The van der Waals surface area contributed by atoms with E-state index in [2.05, 4.69) is 27.7 Å². The average molecular weight is 1140 g/mol. The van der Waals surface area contributed by atoms with Crippen molar-refractivity contribution in [1.82, 2.24) is 14.0 Å². The van der Waals surface area contributed by atoms with Crippen LogP contribution in [0.3, 0.4) is 0 Å². The SMILES string of the molecule is CCCCCCCCC1C(CCCCCC)CCC(CCCCCCCCC(C)(C)n2c(=O)c3cc4c(=O)n(CCCCCCCCCCCCC(C)CCCCCC)c(=O)c4cc3c2=O)C1CCCCCCCCN1C(=O)C=CC1=O. The number of hydrogen-bond donors (Lipinski definition) is 0. The van der Waals surface area contributed by atoms with Crippen molar-refractivity contribution in [3.8, 4) is 0 Å². The van der Waals surface area contributed by atoms with Crippen molar-refractivity contribution in [2.45, 2.75) is 343 Å². The van der Waals surface area contributed by atoms with Crippen LogP contribution < -0.4 is 22.2 Å². The molecule has 0 saturated heterocycles. The van der Waals surface area contributed by atoms with Crippen LogP contribution in [-0.2, 0) is 21.7 Å². The monoisotopic (exact) mass is 1140 g/mol. The standard InChI is InChI=1S/C73H121N3O6/c1-7-10-13-16-29-38-47-61-59(45-36-15-12-9-3)49-50-60(62(61)48-39-30-23-26-32-41-54-74-67(77)51-52-68(74)78)46-37-28-22-24-31-40-53-73(5,6)76-71(81)65-56-63-64(57-66(65)72(76)82)70(80)75(69(63)79)55-42-33-25-20-18-17-19-21-27-35-44-58(4)43-34-14-11-8-2/h51-52,56-62H,7-50,53-55H2,1-6H3. The molecule has 2 aromatic heterocycles. The number of carbonyl (C=O) groups is 2. The van der Waals surface area contributed by atoms with Gasteiger partial charge in [-0.2, -0.15) is 0 Å². The summed E-state index contributed by atoms with van der Waals surface area (Å²) in [6, 6.07) is 3.06. The van der Waals surface area contributed by atoms with Crippen molar-refractivity contribution >= 4 is 33.4 Å². The van der Waals surface area contributed by atoms with Crippen molar-refractivity contribution in [2.24, 2.45) is 29.6 Å². The van der Waals surface area contributed by atoms with Crippen LogP contribution in [0.1, 0.15) is 330 Å². The summed E-state index contributed by atoms with van der Waals surface area (Å²) >= 11 is 0. The lowest BCUT2D eigenvalue weighted by atomic mass is 9.61. The van der Waals surface area contributed by atoms with Crippen LogP contribution in [0.2, 0.25) is 0 Å². The number of rotatable bonds is 49. The molecule has 9 heteroatoms. The van der Waals surface area contributed by atoms with Gasteiger partial charge in [0.15, 0.2) is 0 Å². The molecule has 5 unspecified atom stereocenters. The molecule has 464 valence electrons. The first-order valence-corrected chi connectivity index (χ1v) is 35.3. The summed E-state index contributed by atoms with van der Waals surface area (Å²) in [5.41, 5.74) is -2.08. The van der Waals surface area contributed by atoms with Gasteiger partial charge in [0, 0.05) is 30.8 Å². The third kappa shape index (κ3) is 22.7. The summed E-state index contributed by atoms with van der Waals surface area (Å²) in [5, 5.41) is 1.01. The quantitative estimate of drug-likeness (QED) is 0.0411. The maximum absolute atomic E-state index is 14.0. The normalized spacial score (nSPS) is 18.1. The second kappa shape index (κ2) is 39.2. The molecule has 0 bridgehead atoms. The fraction of sp³-hybridized carbons (Fsp3) is 0.808. The number of hydrogen-bond acceptors (Lipinski definition) is 6. The van der Waals surface area contributed by atoms with E-state index in [1.54, 1.807) is 0 Å². The Balaban J connectivity index is 1.04. The number of unbranched alkanes of at least 4 members (excludes halogenated alkanes) is 30. The number of aromatic nitrogens is 2. The molecule has 1 aliphatic heterocycles. The predicted molar refractivity (Wildman–Crippen MR) is 348 cm³/mol. The predicted octanol–water partition coefficient (Wildman–Crippen LogP) is 19.3. The van der Waals surface area contributed by atoms with Crippen molar-refractivity contribution < 1.29 is 9.59 Å².